The van der Waals surface area contributed by atoms with Gasteiger partial charge in [0.05, 0.1) is 12.6 Å². The number of aromatic nitrogens is 5. The average Bonchev–Trinajstić information content (AvgIpc) is 3.53. The second-order valence-electron chi connectivity index (χ2n) is 9.33. The minimum absolute atomic E-state index is 0.0917. The molecule has 0 saturated carbocycles. The van der Waals surface area contributed by atoms with Gasteiger partial charge >= 0.3 is 0 Å². The topological polar surface area (TPSA) is 88.9 Å². The lowest BCUT2D eigenvalue weighted by molar-refractivity contribution is 0.0924. The lowest BCUT2D eigenvalue weighted by atomic mass is 9.96. The Morgan fingerprint density at radius 2 is 2.09 bits per heavy atom. The number of para-hydroxylation sites is 1. The standard InChI is InChI=1S/C26H28N6O2/c1-17-10-11-22-19(14-17)15-21(26(33)27-22)24(31-12-4-7-18-6-2-3-9-23(18)31)25-28-29-30-32(25)16-20-8-5-13-34-20/h2-3,6,9-11,14-15,20,24H,4-5,7-8,12-13,16H2,1H3,(H,27,33)/t20-,24+/m1/s1. The van der Waals surface area contributed by atoms with E-state index in [0.29, 0.717) is 17.9 Å². The fraction of sp³-hybridized carbons (Fsp3) is 0.385. The van der Waals surface area contributed by atoms with E-state index in [1.165, 1.54) is 5.56 Å². The maximum atomic E-state index is 13.5. The summed E-state index contributed by atoms with van der Waals surface area (Å²) in [5.41, 5.74) is 4.93. The second kappa shape index (κ2) is 8.68. The smallest absolute Gasteiger partial charge is 0.254 e. The van der Waals surface area contributed by atoms with E-state index >= 15 is 0 Å². The zero-order valence-electron chi connectivity index (χ0n) is 19.3. The third-order valence-corrected chi connectivity index (χ3v) is 6.99. The molecule has 2 aromatic carbocycles. The predicted octanol–water partition coefficient (Wildman–Crippen LogP) is 3.54. The highest BCUT2D eigenvalue weighted by molar-refractivity contribution is 5.80. The van der Waals surface area contributed by atoms with Gasteiger partial charge in [-0.15, -0.1) is 5.10 Å². The molecular formula is C26H28N6O2. The molecule has 4 heterocycles. The van der Waals surface area contributed by atoms with Crippen molar-refractivity contribution in [1.29, 1.82) is 0 Å². The third-order valence-electron chi connectivity index (χ3n) is 6.99. The van der Waals surface area contributed by atoms with Crippen LogP contribution in [-0.2, 0) is 17.7 Å². The van der Waals surface area contributed by atoms with Crippen LogP contribution in [0.4, 0.5) is 5.69 Å². The molecule has 34 heavy (non-hydrogen) atoms. The number of H-pyrrole nitrogens is 1. The van der Waals surface area contributed by atoms with Crippen molar-refractivity contribution < 1.29 is 4.74 Å². The zero-order chi connectivity index (χ0) is 23.1. The molecule has 8 heteroatoms. The summed E-state index contributed by atoms with van der Waals surface area (Å²) in [5.74, 6) is 0.671. The molecule has 6 rings (SSSR count). The van der Waals surface area contributed by atoms with Crippen molar-refractivity contribution in [3.63, 3.8) is 0 Å². The lowest BCUT2D eigenvalue weighted by Crippen LogP contribution is -2.39. The Morgan fingerprint density at radius 1 is 1.18 bits per heavy atom. The van der Waals surface area contributed by atoms with Gasteiger partial charge in [-0.25, -0.2) is 4.68 Å². The Balaban J connectivity index is 1.53. The molecule has 0 bridgehead atoms. The molecule has 1 N–H and O–H groups in total. The number of ether oxygens (including phenoxy) is 1. The Bertz CT molecular complexity index is 1390. The molecule has 0 unspecified atom stereocenters. The lowest BCUT2D eigenvalue weighted by Gasteiger charge is -2.37. The van der Waals surface area contributed by atoms with E-state index in [1.54, 1.807) is 0 Å². The first kappa shape index (κ1) is 21.0. The van der Waals surface area contributed by atoms with Crippen molar-refractivity contribution in [2.45, 2.75) is 51.3 Å². The number of aryl methyl sites for hydroxylation is 2. The van der Waals surface area contributed by atoms with Gasteiger partial charge in [0.15, 0.2) is 5.82 Å². The van der Waals surface area contributed by atoms with E-state index in [0.717, 1.165) is 61.0 Å². The molecule has 2 aliphatic rings. The molecular weight excluding hydrogens is 428 g/mol. The van der Waals surface area contributed by atoms with Gasteiger partial charge in [0.2, 0.25) is 0 Å². The van der Waals surface area contributed by atoms with Gasteiger partial charge in [0, 0.05) is 29.9 Å². The Kier molecular flexibility index (Phi) is 5.37. The third kappa shape index (κ3) is 3.77. The summed E-state index contributed by atoms with van der Waals surface area (Å²) in [4.78, 5) is 18.9. The summed E-state index contributed by atoms with van der Waals surface area (Å²) < 4.78 is 7.70. The fourth-order valence-electron chi connectivity index (χ4n) is 5.34. The number of nitrogens with one attached hydrogen (secondary N) is 1. The Hall–Kier alpha value is -3.52. The van der Waals surface area contributed by atoms with Crippen LogP contribution >= 0.6 is 0 Å². The maximum absolute atomic E-state index is 13.5. The SMILES string of the molecule is Cc1ccc2[nH]c(=O)c([C@@H](c3nnnn3C[C@H]3CCCO3)N3CCCc4ccccc43)cc2c1. The first-order chi connectivity index (χ1) is 16.7. The average molecular weight is 457 g/mol. The van der Waals surface area contributed by atoms with Gasteiger partial charge in [0.1, 0.15) is 6.04 Å². The number of anilines is 1. The number of nitrogens with zero attached hydrogens (tertiary/aromatic N) is 5. The number of tetrazole rings is 1. The van der Waals surface area contributed by atoms with Gasteiger partial charge in [-0.1, -0.05) is 29.8 Å². The molecule has 0 aliphatic carbocycles. The summed E-state index contributed by atoms with van der Waals surface area (Å²) >= 11 is 0. The molecule has 4 aromatic rings. The van der Waals surface area contributed by atoms with Crippen molar-refractivity contribution in [2.75, 3.05) is 18.1 Å². The molecule has 0 radical (unpaired) electrons. The van der Waals surface area contributed by atoms with Crippen molar-refractivity contribution in [1.82, 2.24) is 25.2 Å². The minimum atomic E-state index is -0.411. The van der Waals surface area contributed by atoms with Crippen LogP contribution < -0.4 is 10.5 Å². The highest BCUT2D eigenvalue weighted by Gasteiger charge is 2.34. The predicted molar refractivity (Wildman–Crippen MR) is 130 cm³/mol. The maximum Gasteiger partial charge on any atom is 0.254 e. The number of aromatic amines is 1. The van der Waals surface area contributed by atoms with Crippen molar-refractivity contribution >= 4 is 16.6 Å². The van der Waals surface area contributed by atoms with E-state index < -0.39 is 6.04 Å². The highest BCUT2D eigenvalue weighted by atomic mass is 16.5. The first-order valence-corrected chi connectivity index (χ1v) is 12.0. The van der Waals surface area contributed by atoms with Crippen LogP contribution in [0.1, 0.15) is 47.8 Å². The summed E-state index contributed by atoms with van der Waals surface area (Å²) in [5, 5.41) is 13.8. The summed E-state index contributed by atoms with van der Waals surface area (Å²) in [7, 11) is 0. The van der Waals surface area contributed by atoms with Crippen molar-refractivity contribution in [3.05, 3.63) is 81.4 Å². The minimum Gasteiger partial charge on any atom is -0.376 e. The van der Waals surface area contributed by atoms with Gasteiger partial charge in [-0.05, 0) is 78.2 Å². The molecule has 1 saturated heterocycles. The Labute approximate surface area is 197 Å². The molecule has 0 spiro atoms. The number of rotatable bonds is 5. The van der Waals surface area contributed by atoms with E-state index in [4.69, 9.17) is 4.74 Å². The number of hydrogen-bond donors (Lipinski definition) is 1. The number of hydrogen-bond acceptors (Lipinski definition) is 6. The molecule has 1 fully saturated rings. The molecule has 8 nitrogen and oxygen atoms in total. The number of fused-ring (bicyclic) bond motifs is 2. The zero-order valence-corrected chi connectivity index (χ0v) is 19.3. The molecule has 0 amide bonds. The van der Waals surface area contributed by atoms with Gasteiger partial charge < -0.3 is 14.6 Å². The van der Waals surface area contributed by atoms with Crippen molar-refractivity contribution in [2.24, 2.45) is 0 Å². The van der Waals surface area contributed by atoms with Crippen molar-refractivity contribution in [3.8, 4) is 0 Å². The molecule has 2 aliphatic heterocycles. The second-order valence-corrected chi connectivity index (χ2v) is 9.33. The van der Waals surface area contributed by atoms with Gasteiger partial charge in [0.25, 0.3) is 5.56 Å². The van der Waals surface area contributed by atoms with E-state index in [2.05, 4.69) is 62.7 Å². The van der Waals surface area contributed by atoms with E-state index in [1.807, 2.05) is 22.9 Å². The largest absolute Gasteiger partial charge is 0.376 e. The quantitative estimate of drug-likeness (QED) is 0.494. The van der Waals surface area contributed by atoms with Crippen LogP contribution in [0.3, 0.4) is 0 Å². The number of pyridine rings is 1. The number of benzene rings is 2. The normalized spacial score (nSPS) is 18.9. The Morgan fingerprint density at radius 3 is 2.97 bits per heavy atom. The fourth-order valence-corrected chi connectivity index (χ4v) is 5.34. The highest BCUT2D eigenvalue weighted by Crippen LogP contribution is 2.36. The molecule has 174 valence electrons. The van der Waals surface area contributed by atoms with Gasteiger partial charge in [-0.3, -0.25) is 4.79 Å². The van der Waals surface area contributed by atoms with Crippen LogP contribution in [0, 0.1) is 6.92 Å². The summed E-state index contributed by atoms with van der Waals surface area (Å²) in [6.07, 6.45) is 4.16. The molecule has 2 aromatic heterocycles. The van der Waals surface area contributed by atoms with Crippen LogP contribution in [0.15, 0.2) is 53.3 Å². The molecule has 2 atom stereocenters. The van der Waals surface area contributed by atoms with Crippen LogP contribution in [0.5, 0.6) is 0 Å². The van der Waals surface area contributed by atoms with E-state index in [9.17, 15) is 4.79 Å². The van der Waals surface area contributed by atoms with E-state index in [-0.39, 0.29) is 11.7 Å². The van der Waals surface area contributed by atoms with Crippen LogP contribution in [0.2, 0.25) is 0 Å². The summed E-state index contributed by atoms with van der Waals surface area (Å²) in [6.45, 7) is 4.23. The first-order valence-electron chi connectivity index (χ1n) is 12.0. The van der Waals surface area contributed by atoms with Crippen LogP contribution in [0.25, 0.3) is 10.9 Å². The van der Waals surface area contributed by atoms with Gasteiger partial charge in [-0.2, -0.15) is 0 Å². The monoisotopic (exact) mass is 456 g/mol. The van der Waals surface area contributed by atoms with Crippen LogP contribution in [-0.4, -0.2) is 44.4 Å². The summed E-state index contributed by atoms with van der Waals surface area (Å²) in [6, 6.07) is 16.1.